The summed E-state index contributed by atoms with van der Waals surface area (Å²) in [4.78, 5) is 15.4. The molecule has 0 aliphatic heterocycles. The van der Waals surface area contributed by atoms with Crippen LogP contribution in [0.4, 0.5) is 0 Å². The number of aromatic nitrogens is 2. The molecule has 106 valence electrons. The largest absolute Gasteiger partial charge is 0.497 e. The predicted molar refractivity (Wildman–Crippen MR) is 77.9 cm³/mol. The van der Waals surface area contributed by atoms with Crippen molar-refractivity contribution in [3.8, 4) is 11.5 Å². The number of methoxy groups -OCH3 is 1. The van der Waals surface area contributed by atoms with Gasteiger partial charge in [0, 0.05) is 30.2 Å². The fourth-order valence-corrected chi connectivity index (χ4v) is 2.14. The number of imidazole rings is 1. The van der Waals surface area contributed by atoms with Crippen molar-refractivity contribution >= 4 is 11.9 Å². The highest BCUT2D eigenvalue weighted by Gasteiger charge is 2.08. The van der Waals surface area contributed by atoms with Gasteiger partial charge in [-0.05, 0) is 18.2 Å². The van der Waals surface area contributed by atoms with Gasteiger partial charge in [0.05, 0.1) is 12.7 Å². The lowest BCUT2D eigenvalue weighted by Gasteiger charge is -2.10. The Hall–Kier alpha value is -2.82. The summed E-state index contributed by atoms with van der Waals surface area (Å²) in [6, 6.07) is 8.99. The Balaban J connectivity index is 1.87. The number of nitrogens with zero attached hydrogens (tertiary/aromatic N) is 2. The Morgan fingerprint density at radius 1 is 1.29 bits per heavy atom. The number of hydrogen-bond acceptors (Lipinski definition) is 4. The molecule has 0 atom stereocenters. The molecular weight excluding hydrogens is 268 g/mol. The molecule has 3 rings (SSSR count). The van der Waals surface area contributed by atoms with Gasteiger partial charge < -0.3 is 13.9 Å². The van der Waals surface area contributed by atoms with Crippen LogP contribution in [0.1, 0.15) is 15.9 Å². The van der Waals surface area contributed by atoms with Gasteiger partial charge in [-0.3, -0.25) is 4.79 Å². The van der Waals surface area contributed by atoms with Crippen LogP contribution in [0.15, 0.2) is 48.9 Å². The molecule has 0 aliphatic rings. The average Bonchev–Trinajstić information content (AvgIpc) is 3.01. The van der Waals surface area contributed by atoms with Crippen molar-refractivity contribution in [3.05, 3.63) is 60.0 Å². The molecule has 0 saturated heterocycles. The van der Waals surface area contributed by atoms with Crippen LogP contribution in [-0.4, -0.2) is 22.8 Å². The Labute approximate surface area is 121 Å². The van der Waals surface area contributed by atoms with Crippen molar-refractivity contribution in [3.63, 3.8) is 0 Å². The van der Waals surface area contributed by atoms with Crippen molar-refractivity contribution in [2.45, 2.75) is 6.61 Å². The van der Waals surface area contributed by atoms with E-state index in [-0.39, 0.29) is 0 Å². The quantitative estimate of drug-likeness (QED) is 0.675. The summed E-state index contributed by atoms with van der Waals surface area (Å²) in [5.74, 6) is 1.15. The summed E-state index contributed by atoms with van der Waals surface area (Å²) in [5, 5.41) is 0. The van der Waals surface area contributed by atoms with E-state index in [2.05, 4.69) is 4.98 Å². The second-order valence-corrected chi connectivity index (χ2v) is 4.50. The third-order valence-corrected chi connectivity index (χ3v) is 3.23. The average molecular weight is 282 g/mol. The lowest BCUT2D eigenvalue weighted by Crippen LogP contribution is -2.01. The Morgan fingerprint density at radius 3 is 3.00 bits per heavy atom. The number of rotatable bonds is 5. The first kappa shape index (κ1) is 13.2. The van der Waals surface area contributed by atoms with E-state index in [1.165, 1.54) is 0 Å². The highest BCUT2D eigenvalue weighted by atomic mass is 16.5. The second-order valence-electron chi connectivity index (χ2n) is 4.50. The molecule has 1 aromatic carbocycles. The molecule has 0 aliphatic carbocycles. The smallest absolute Gasteiger partial charge is 0.153 e. The Morgan fingerprint density at radius 2 is 2.19 bits per heavy atom. The number of hydrogen-bond donors (Lipinski definition) is 0. The minimum Gasteiger partial charge on any atom is -0.497 e. The summed E-state index contributed by atoms with van der Waals surface area (Å²) in [7, 11) is 1.57. The van der Waals surface area contributed by atoms with Gasteiger partial charge in [-0.15, -0.1) is 0 Å². The van der Waals surface area contributed by atoms with Gasteiger partial charge in [-0.2, -0.15) is 0 Å². The van der Waals surface area contributed by atoms with E-state index < -0.39 is 0 Å². The minimum absolute atomic E-state index is 0.329. The monoisotopic (exact) mass is 282 g/mol. The zero-order valence-corrected chi connectivity index (χ0v) is 11.5. The third-order valence-electron chi connectivity index (χ3n) is 3.23. The number of carbonyl (C=O) groups excluding carboxylic acids is 1. The van der Waals surface area contributed by atoms with Gasteiger partial charge in [0.2, 0.25) is 0 Å². The first-order valence-corrected chi connectivity index (χ1v) is 6.48. The molecule has 5 nitrogen and oxygen atoms in total. The van der Waals surface area contributed by atoms with Crippen molar-refractivity contribution < 1.29 is 14.3 Å². The van der Waals surface area contributed by atoms with E-state index >= 15 is 0 Å². The molecule has 5 heteroatoms. The standard InChI is InChI=1S/C16H14N2O3/c1-20-14-5-4-12(10-19)15(9-14)21-11-13-3-2-7-18-8-6-17-16(13)18/h2-10H,11H2,1H3. The van der Waals surface area contributed by atoms with Crippen LogP contribution in [0.2, 0.25) is 0 Å². The van der Waals surface area contributed by atoms with Gasteiger partial charge in [0.15, 0.2) is 6.29 Å². The molecule has 3 aromatic rings. The summed E-state index contributed by atoms with van der Waals surface area (Å²) in [6.45, 7) is 0.329. The molecule has 0 N–H and O–H groups in total. The van der Waals surface area contributed by atoms with E-state index in [0.29, 0.717) is 23.7 Å². The van der Waals surface area contributed by atoms with Crippen LogP contribution in [-0.2, 0) is 6.61 Å². The number of ether oxygens (including phenoxy) is 2. The summed E-state index contributed by atoms with van der Waals surface area (Å²) < 4.78 is 12.8. The number of pyridine rings is 1. The molecule has 0 fully saturated rings. The van der Waals surface area contributed by atoms with Crippen LogP contribution in [0, 0.1) is 0 Å². The van der Waals surface area contributed by atoms with E-state index in [9.17, 15) is 4.79 Å². The van der Waals surface area contributed by atoms with Crippen LogP contribution >= 0.6 is 0 Å². The highest BCUT2D eigenvalue weighted by Crippen LogP contribution is 2.24. The number of fused-ring (bicyclic) bond motifs is 1. The lowest BCUT2D eigenvalue weighted by atomic mass is 10.2. The van der Waals surface area contributed by atoms with E-state index in [0.717, 1.165) is 17.5 Å². The number of carbonyl (C=O) groups is 1. The highest BCUT2D eigenvalue weighted by molar-refractivity contribution is 5.79. The topological polar surface area (TPSA) is 52.8 Å². The Kier molecular flexibility index (Phi) is 3.55. The third kappa shape index (κ3) is 2.58. The van der Waals surface area contributed by atoms with E-state index in [4.69, 9.17) is 9.47 Å². The zero-order valence-electron chi connectivity index (χ0n) is 11.5. The normalized spacial score (nSPS) is 10.5. The fourth-order valence-electron chi connectivity index (χ4n) is 2.14. The SMILES string of the molecule is COc1ccc(C=O)c(OCc2cccn3ccnc23)c1. The van der Waals surface area contributed by atoms with Crippen LogP contribution in [0.5, 0.6) is 11.5 Å². The maximum atomic E-state index is 11.1. The minimum atomic E-state index is 0.329. The van der Waals surface area contributed by atoms with Crippen LogP contribution < -0.4 is 9.47 Å². The van der Waals surface area contributed by atoms with Gasteiger partial charge >= 0.3 is 0 Å². The maximum absolute atomic E-state index is 11.1. The fraction of sp³-hybridized carbons (Fsp3) is 0.125. The molecular formula is C16H14N2O3. The maximum Gasteiger partial charge on any atom is 0.153 e. The number of benzene rings is 1. The van der Waals surface area contributed by atoms with Crippen molar-refractivity contribution in [1.82, 2.24) is 9.38 Å². The van der Waals surface area contributed by atoms with Crippen molar-refractivity contribution in [1.29, 1.82) is 0 Å². The van der Waals surface area contributed by atoms with E-state index in [1.54, 1.807) is 31.5 Å². The molecule has 2 aromatic heterocycles. The second kappa shape index (κ2) is 5.66. The van der Waals surface area contributed by atoms with Crippen LogP contribution in [0.3, 0.4) is 0 Å². The van der Waals surface area contributed by atoms with Gasteiger partial charge in [-0.1, -0.05) is 6.07 Å². The molecule has 0 bridgehead atoms. The van der Waals surface area contributed by atoms with Gasteiger partial charge in [0.25, 0.3) is 0 Å². The molecule has 0 radical (unpaired) electrons. The first-order chi connectivity index (χ1) is 10.3. The molecule has 0 unspecified atom stereocenters. The number of aldehydes is 1. The predicted octanol–water partition coefficient (Wildman–Crippen LogP) is 2.73. The molecule has 21 heavy (non-hydrogen) atoms. The summed E-state index contributed by atoms with van der Waals surface area (Å²) in [5.41, 5.74) is 2.28. The first-order valence-electron chi connectivity index (χ1n) is 6.48. The van der Waals surface area contributed by atoms with Gasteiger partial charge in [-0.25, -0.2) is 4.98 Å². The molecule has 0 saturated carbocycles. The van der Waals surface area contributed by atoms with Gasteiger partial charge in [0.1, 0.15) is 23.8 Å². The lowest BCUT2D eigenvalue weighted by molar-refractivity contribution is 0.111. The Bertz CT molecular complexity index is 780. The molecule has 0 amide bonds. The summed E-state index contributed by atoms with van der Waals surface area (Å²) in [6.07, 6.45) is 6.31. The van der Waals surface area contributed by atoms with Crippen molar-refractivity contribution in [2.24, 2.45) is 0 Å². The summed E-state index contributed by atoms with van der Waals surface area (Å²) >= 11 is 0. The molecule has 2 heterocycles. The van der Waals surface area contributed by atoms with Crippen LogP contribution in [0.25, 0.3) is 5.65 Å². The van der Waals surface area contributed by atoms with E-state index in [1.807, 2.05) is 28.9 Å². The molecule has 0 spiro atoms. The zero-order chi connectivity index (χ0) is 14.7. The van der Waals surface area contributed by atoms with Crippen molar-refractivity contribution in [2.75, 3.05) is 7.11 Å².